The van der Waals surface area contributed by atoms with Gasteiger partial charge in [0.1, 0.15) is 5.56 Å². The Bertz CT molecular complexity index is 1350. The smallest absolute Gasteiger partial charge is 0.257 e. The molecule has 1 aromatic heterocycles. The van der Waals surface area contributed by atoms with Gasteiger partial charge >= 0.3 is 0 Å². The van der Waals surface area contributed by atoms with E-state index in [0.717, 1.165) is 5.56 Å². The van der Waals surface area contributed by atoms with Crippen molar-refractivity contribution in [2.24, 2.45) is 7.05 Å². The second kappa shape index (κ2) is 9.03. The first kappa shape index (κ1) is 22.5. The lowest BCUT2D eigenvalue weighted by atomic mass is 10.1. The molecule has 1 amide bonds. The van der Waals surface area contributed by atoms with Crippen molar-refractivity contribution in [1.82, 2.24) is 14.2 Å². The highest BCUT2D eigenvalue weighted by atomic mass is 35.5. The van der Waals surface area contributed by atoms with Crippen LogP contribution in [-0.2, 0) is 28.4 Å². The van der Waals surface area contributed by atoms with E-state index in [1.165, 1.54) is 22.6 Å². The second-order valence-electron chi connectivity index (χ2n) is 7.45. The van der Waals surface area contributed by atoms with Crippen LogP contribution >= 0.6 is 11.6 Å². The molecule has 0 atom stereocenters. The number of fused-ring (bicyclic) bond motifs is 1. The molecule has 0 spiro atoms. The number of benzene rings is 2. The van der Waals surface area contributed by atoms with Crippen LogP contribution in [-0.4, -0.2) is 49.5 Å². The molecule has 1 fully saturated rings. The Labute approximate surface area is 190 Å². The molecule has 0 radical (unpaired) electrons. The molecular weight excluding hydrogens is 454 g/mol. The van der Waals surface area contributed by atoms with Gasteiger partial charge in [-0.2, -0.15) is 4.31 Å². The Kier molecular flexibility index (Phi) is 6.34. The second-order valence-corrected chi connectivity index (χ2v) is 9.80. The zero-order chi connectivity index (χ0) is 22.9. The molecule has 2 heterocycles. The van der Waals surface area contributed by atoms with Crippen molar-refractivity contribution in [3.05, 3.63) is 75.0 Å². The van der Waals surface area contributed by atoms with Gasteiger partial charge in [0.2, 0.25) is 15.5 Å². The van der Waals surface area contributed by atoms with Gasteiger partial charge in [0.05, 0.1) is 23.6 Å². The molecular formula is C22H22ClN3O5S. The average Bonchev–Trinajstić information content (AvgIpc) is 2.81. The quantitative estimate of drug-likeness (QED) is 0.609. The molecule has 0 saturated carbocycles. The number of carbonyl (C=O) groups excluding carboxylic acids is 1. The minimum absolute atomic E-state index is 0.0117. The predicted octanol–water partition coefficient (Wildman–Crippen LogP) is 2.14. The number of carbonyl (C=O) groups is 1. The first-order valence-corrected chi connectivity index (χ1v) is 11.8. The van der Waals surface area contributed by atoms with Crippen LogP contribution in [0.5, 0.6) is 0 Å². The van der Waals surface area contributed by atoms with Crippen LogP contribution in [0.2, 0.25) is 5.02 Å². The summed E-state index contributed by atoms with van der Waals surface area (Å²) in [6.45, 7) is 1.31. The summed E-state index contributed by atoms with van der Waals surface area (Å²) in [6.07, 6.45) is 1.45. The van der Waals surface area contributed by atoms with E-state index in [9.17, 15) is 18.0 Å². The first-order valence-electron chi connectivity index (χ1n) is 10.0. The monoisotopic (exact) mass is 475 g/mol. The van der Waals surface area contributed by atoms with E-state index in [1.54, 1.807) is 41.9 Å². The van der Waals surface area contributed by atoms with Crippen molar-refractivity contribution < 1.29 is 17.9 Å². The number of ether oxygens (including phenoxy) is 1. The van der Waals surface area contributed by atoms with Crippen molar-refractivity contribution >= 4 is 38.4 Å². The molecule has 8 nitrogen and oxygen atoms in total. The molecule has 0 aliphatic carbocycles. The fourth-order valence-electron chi connectivity index (χ4n) is 3.64. The summed E-state index contributed by atoms with van der Waals surface area (Å²) < 4.78 is 34.2. The number of aryl methyl sites for hydroxylation is 1. The standard InChI is InChI=1S/C22H22ClN3O5S/c1-25-14-18(22(28)24-13-15-4-2-3-5-19(15)23)21(27)17-12-16(6-7-20(17)25)32(29,30)26-8-10-31-11-9-26/h2-7,12,14H,8-11,13H2,1H3,(H,24,28). The molecule has 3 aromatic rings. The maximum atomic E-state index is 13.1. The number of hydrogen-bond acceptors (Lipinski definition) is 5. The van der Waals surface area contributed by atoms with E-state index < -0.39 is 21.4 Å². The normalized spacial score (nSPS) is 15.1. The number of amides is 1. The van der Waals surface area contributed by atoms with Gasteiger partial charge in [0, 0.05) is 43.3 Å². The van der Waals surface area contributed by atoms with E-state index in [4.69, 9.17) is 16.3 Å². The van der Waals surface area contributed by atoms with E-state index in [1.807, 2.05) is 0 Å². The molecule has 1 aliphatic heterocycles. The summed E-state index contributed by atoms with van der Waals surface area (Å²) in [4.78, 5) is 25.9. The van der Waals surface area contributed by atoms with Crippen molar-refractivity contribution in [2.75, 3.05) is 26.3 Å². The van der Waals surface area contributed by atoms with Crippen LogP contribution in [0.3, 0.4) is 0 Å². The fraction of sp³-hybridized carbons (Fsp3) is 0.273. The summed E-state index contributed by atoms with van der Waals surface area (Å²) in [5.41, 5.74) is 0.638. The number of nitrogens with zero attached hydrogens (tertiary/aromatic N) is 2. The van der Waals surface area contributed by atoms with Gasteiger partial charge in [-0.15, -0.1) is 0 Å². The molecule has 1 aliphatic rings. The maximum Gasteiger partial charge on any atom is 0.257 e. The average molecular weight is 476 g/mol. The van der Waals surface area contributed by atoms with Crippen LogP contribution in [0.1, 0.15) is 15.9 Å². The zero-order valence-electron chi connectivity index (χ0n) is 17.4. The number of aromatic nitrogens is 1. The maximum absolute atomic E-state index is 13.1. The van der Waals surface area contributed by atoms with Crippen LogP contribution < -0.4 is 10.7 Å². The highest BCUT2D eigenvalue weighted by molar-refractivity contribution is 7.89. The van der Waals surface area contributed by atoms with Crippen LogP contribution in [0.4, 0.5) is 0 Å². The third-order valence-corrected chi connectivity index (χ3v) is 7.67. The van der Waals surface area contributed by atoms with Gasteiger partial charge in [-0.3, -0.25) is 9.59 Å². The van der Waals surface area contributed by atoms with Gasteiger partial charge in [-0.25, -0.2) is 8.42 Å². The van der Waals surface area contributed by atoms with E-state index in [0.29, 0.717) is 23.8 Å². The lowest BCUT2D eigenvalue weighted by molar-refractivity contribution is 0.0730. The van der Waals surface area contributed by atoms with Crippen molar-refractivity contribution in [3.63, 3.8) is 0 Å². The summed E-state index contributed by atoms with van der Waals surface area (Å²) >= 11 is 6.13. The number of hydrogen-bond donors (Lipinski definition) is 1. The van der Waals surface area contributed by atoms with Gasteiger partial charge in [-0.05, 0) is 29.8 Å². The summed E-state index contributed by atoms with van der Waals surface area (Å²) in [7, 11) is -2.08. The predicted molar refractivity (Wildman–Crippen MR) is 121 cm³/mol. The first-order chi connectivity index (χ1) is 15.3. The minimum atomic E-state index is -3.78. The number of pyridine rings is 1. The molecule has 0 unspecified atom stereocenters. The summed E-state index contributed by atoms with van der Waals surface area (Å²) in [6, 6.07) is 11.5. The lowest BCUT2D eigenvalue weighted by Gasteiger charge is -2.26. The molecule has 1 N–H and O–H groups in total. The molecule has 4 rings (SSSR count). The Morgan fingerprint density at radius 3 is 2.59 bits per heavy atom. The Balaban J connectivity index is 1.69. The lowest BCUT2D eigenvalue weighted by Crippen LogP contribution is -2.40. The SMILES string of the molecule is Cn1cc(C(=O)NCc2ccccc2Cl)c(=O)c2cc(S(=O)(=O)N3CCOCC3)ccc21. The Morgan fingerprint density at radius 2 is 1.88 bits per heavy atom. The molecule has 32 heavy (non-hydrogen) atoms. The van der Waals surface area contributed by atoms with E-state index in [-0.39, 0.29) is 35.5 Å². The highest BCUT2D eigenvalue weighted by Gasteiger charge is 2.27. The summed E-state index contributed by atoms with van der Waals surface area (Å²) in [5, 5.41) is 3.38. The number of rotatable bonds is 5. The van der Waals surface area contributed by atoms with Crippen molar-refractivity contribution in [2.45, 2.75) is 11.4 Å². The zero-order valence-corrected chi connectivity index (χ0v) is 18.9. The van der Waals surface area contributed by atoms with E-state index in [2.05, 4.69) is 5.32 Å². The van der Waals surface area contributed by atoms with Crippen LogP contribution in [0, 0.1) is 0 Å². The molecule has 1 saturated heterocycles. The largest absolute Gasteiger partial charge is 0.379 e. The summed E-state index contributed by atoms with van der Waals surface area (Å²) in [5.74, 6) is -0.561. The number of sulfonamides is 1. The number of halogens is 1. The molecule has 0 bridgehead atoms. The van der Waals surface area contributed by atoms with E-state index >= 15 is 0 Å². The van der Waals surface area contributed by atoms with Gasteiger partial charge in [0.15, 0.2) is 0 Å². The Hall–Kier alpha value is -2.72. The van der Waals surface area contributed by atoms with Crippen molar-refractivity contribution in [3.8, 4) is 0 Å². The number of nitrogens with one attached hydrogen (secondary N) is 1. The highest BCUT2D eigenvalue weighted by Crippen LogP contribution is 2.21. The Morgan fingerprint density at radius 1 is 1.16 bits per heavy atom. The van der Waals surface area contributed by atoms with Crippen LogP contribution in [0.15, 0.2) is 58.4 Å². The topological polar surface area (TPSA) is 97.7 Å². The number of morpholine rings is 1. The molecule has 10 heteroatoms. The van der Waals surface area contributed by atoms with Crippen molar-refractivity contribution in [1.29, 1.82) is 0 Å². The van der Waals surface area contributed by atoms with Crippen LogP contribution in [0.25, 0.3) is 10.9 Å². The fourth-order valence-corrected chi connectivity index (χ4v) is 5.28. The minimum Gasteiger partial charge on any atom is -0.379 e. The third-order valence-electron chi connectivity index (χ3n) is 5.41. The van der Waals surface area contributed by atoms with Gasteiger partial charge < -0.3 is 14.6 Å². The molecule has 168 valence electrons. The molecule has 2 aromatic carbocycles. The van der Waals surface area contributed by atoms with Gasteiger partial charge in [-0.1, -0.05) is 29.8 Å². The van der Waals surface area contributed by atoms with Gasteiger partial charge in [0.25, 0.3) is 5.91 Å². The third kappa shape index (κ3) is 4.29.